The van der Waals surface area contributed by atoms with Crippen LogP contribution in [0.5, 0.6) is 0 Å². The molecule has 0 aliphatic carbocycles. The van der Waals surface area contributed by atoms with Crippen molar-refractivity contribution < 1.29 is 0 Å². The Bertz CT molecular complexity index is 50.0. The summed E-state index contributed by atoms with van der Waals surface area (Å²) in [4.78, 5) is 2.38. The number of hydrogen-bond donors (Lipinski definition) is 1. The summed E-state index contributed by atoms with van der Waals surface area (Å²) in [6.07, 6.45) is 1.17. The highest BCUT2D eigenvalue weighted by Crippen LogP contribution is 1.96. The molecule has 0 spiro atoms. The molecule has 1 aliphatic rings. The van der Waals surface area contributed by atoms with Crippen molar-refractivity contribution in [2.75, 3.05) is 26.2 Å². The highest BCUT2D eigenvalue weighted by molar-refractivity contribution is 4.78. The van der Waals surface area contributed by atoms with Gasteiger partial charge in [-0.05, 0) is 6.54 Å². The zero-order valence-electron chi connectivity index (χ0n) is 4.56. The highest BCUT2D eigenvalue weighted by Gasteiger charge is 2.28. The maximum atomic E-state index is 5.28. The van der Waals surface area contributed by atoms with Crippen molar-refractivity contribution in [3.63, 3.8) is 0 Å². The van der Waals surface area contributed by atoms with Crippen LogP contribution in [0.2, 0.25) is 0 Å². The number of nitrogens with two attached hydrogens (primary N) is 1. The Kier molecular flexibility index (Phi) is 1.65. The van der Waals surface area contributed by atoms with Gasteiger partial charge < -0.3 is 5.73 Å². The lowest BCUT2D eigenvalue weighted by atomic mass is 10.4. The van der Waals surface area contributed by atoms with Gasteiger partial charge in [-0.1, -0.05) is 0 Å². The van der Waals surface area contributed by atoms with Crippen molar-refractivity contribution in [2.45, 2.75) is 6.42 Å². The zero-order valence-corrected chi connectivity index (χ0v) is 4.56. The van der Waals surface area contributed by atoms with E-state index in [2.05, 4.69) is 4.90 Å². The normalized spacial score (nSPS) is 20.1. The topological polar surface area (TPSA) is 31.9 Å². The minimum absolute atomic E-state index is 0.844. The Balaban J connectivity index is 1.80. The Morgan fingerprint density at radius 1 is 1.43 bits per heavy atom. The molecule has 2 N–H and O–H groups in total. The summed E-state index contributed by atoms with van der Waals surface area (Å²) in [6, 6.07) is 0. The molecular formula is C5H12N2+. The fraction of sp³-hybridized carbons (Fsp3) is 1.00. The van der Waals surface area contributed by atoms with Crippen molar-refractivity contribution in [3.8, 4) is 0 Å². The van der Waals surface area contributed by atoms with Crippen LogP contribution in [0.3, 0.4) is 0 Å². The lowest BCUT2D eigenvalue weighted by Gasteiger charge is -1.84. The summed E-state index contributed by atoms with van der Waals surface area (Å²) in [7, 11) is 0. The molecule has 1 fully saturated rings. The Morgan fingerprint density at radius 3 is 2.57 bits per heavy atom. The van der Waals surface area contributed by atoms with Crippen LogP contribution in [-0.4, -0.2) is 26.2 Å². The molecule has 1 aliphatic heterocycles. The van der Waals surface area contributed by atoms with E-state index in [0.717, 1.165) is 6.54 Å². The minimum Gasteiger partial charge on any atom is -0.330 e. The minimum atomic E-state index is 0.844. The summed E-state index contributed by atoms with van der Waals surface area (Å²) < 4.78 is 0. The van der Waals surface area contributed by atoms with Gasteiger partial charge in [0.05, 0.1) is 0 Å². The quantitative estimate of drug-likeness (QED) is 0.376. The van der Waals surface area contributed by atoms with Crippen LogP contribution in [0.25, 0.3) is 0 Å². The molecule has 0 atom stereocenters. The van der Waals surface area contributed by atoms with E-state index < -0.39 is 0 Å². The molecule has 0 saturated carbocycles. The average molecular weight is 100 g/mol. The summed E-state index contributed by atoms with van der Waals surface area (Å²) in [5, 5.41) is 0. The molecule has 0 unspecified atom stereocenters. The van der Waals surface area contributed by atoms with Gasteiger partial charge in [-0.3, -0.25) is 0 Å². The van der Waals surface area contributed by atoms with Gasteiger partial charge in [-0.15, -0.1) is 0 Å². The van der Waals surface area contributed by atoms with Crippen molar-refractivity contribution in [2.24, 2.45) is 5.73 Å². The number of hydrogen-bond acceptors (Lipinski definition) is 2. The predicted molar refractivity (Wildman–Crippen MR) is 30.4 cm³/mol. The molecule has 1 heterocycles. The van der Waals surface area contributed by atoms with Crippen LogP contribution >= 0.6 is 0 Å². The fourth-order valence-corrected chi connectivity index (χ4v) is 0.609. The summed E-state index contributed by atoms with van der Waals surface area (Å²) >= 11 is 0. The molecule has 1 rings (SSSR count). The third-order valence-electron chi connectivity index (χ3n) is 1.22. The first-order valence-electron chi connectivity index (χ1n) is 2.86. The molecule has 41 valence electrons. The third-order valence-corrected chi connectivity index (χ3v) is 1.22. The van der Waals surface area contributed by atoms with Crippen LogP contribution in [0.15, 0.2) is 0 Å². The highest BCUT2D eigenvalue weighted by atomic mass is 15.2. The monoisotopic (exact) mass is 100 g/mol. The summed E-state index contributed by atoms with van der Waals surface area (Å²) in [5.41, 5.74) is 5.28. The average Bonchev–Trinajstić information content (AvgIpc) is 2.42. The first kappa shape index (κ1) is 5.06. The van der Waals surface area contributed by atoms with E-state index in [1.807, 2.05) is 0 Å². The van der Waals surface area contributed by atoms with E-state index >= 15 is 0 Å². The molecule has 7 heavy (non-hydrogen) atoms. The standard InChI is InChI=1S/C5H12N2/c6-2-1-3-7-4-5-7/h1-6H2/q+1. The van der Waals surface area contributed by atoms with Gasteiger partial charge in [0.1, 0.15) is 6.54 Å². The molecule has 2 nitrogen and oxygen atoms in total. The van der Waals surface area contributed by atoms with E-state index in [4.69, 9.17) is 5.73 Å². The first-order chi connectivity index (χ1) is 3.43. The van der Waals surface area contributed by atoms with Crippen molar-refractivity contribution >= 4 is 0 Å². The molecule has 0 aromatic heterocycles. The Morgan fingerprint density at radius 2 is 2.14 bits per heavy atom. The molecule has 0 bridgehead atoms. The Labute approximate surface area is 44.3 Å². The zero-order chi connectivity index (χ0) is 5.11. The van der Waals surface area contributed by atoms with Gasteiger partial charge >= 0.3 is 0 Å². The second-order valence-electron chi connectivity index (χ2n) is 1.98. The number of nitrogens with zero attached hydrogens (tertiary/aromatic N) is 1. The van der Waals surface area contributed by atoms with E-state index in [-0.39, 0.29) is 0 Å². The van der Waals surface area contributed by atoms with Crippen LogP contribution in [0.4, 0.5) is 0 Å². The molecule has 1 radical (unpaired) electrons. The van der Waals surface area contributed by atoms with Gasteiger partial charge in [0, 0.05) is 6.42 Å². The van der Waals surface area contributed by atoms with Gasteiger partial charge in [-0.25, -0.2) is 0 Å². The fourth-order valence-electron chi connectivity index (χ4n) is 0.609. The maximum Gasteiger partial charge on any atom is 0.176 e. The van der Waals surface area contributed by atoms with Crippen LogP contribution in [-0.2, 0) is 0 Å². The van der Waals surface area contributed by atoms with Gasteiger partial charge in [0.25, 0.3) is 0 Å². The lowest BCUT2D eigenvalue weighted by molar-refractivity contribution is 0.667. The molecule has 2 heteroatoms. The molecular weight excluding hydrogens is 88.1 g/mol. The van der Waals surface area contributed by atoms with E-state index in [1.165, 1.54) is 26.1 Å². The van der Waals surface area contributed by atoms with E-state index in [1.54, 1.807) is 0 Å². The molecule has 1 saturated heterocycles. The van der Waals surface area contributed by atoms with Crippen molar-refractivity contribution in [1.82, 2.24) is 4.90 Å². The molecule has 0 aromatic carbocycles. The molecule has 0 amide bonds. The van der Waals surface area contributed by atoms with Crippen LogP contribution in [0.1, 0.15) is 6.42 Å². The van der Waals surface area contributed by atoms with Gasteiger partial charge in [0.2, 0.25) is 0 Å². The smallest absolute Gasteiger partial charge is 0.176 e. The van der Waals surface area contributed by atoms with Crippen molar-refractivity contribution in [3.05, 3.63) is 0 Å². The third kappa shape index (κ3) is 1.90. The summed E-state index contributed by atoms with van der Waals surface area (Å²) in [6.45, 7) is 4.67. The second-order valence-corrected chi connectivity index (χ2v) is 1.98. The first-order valence-corrected chi connectivity index (χ1v) is 2.86. The van der Waals surface area contributed by atoms with Gasteiger partial charge in [0.15, 0.2) is 13.1 Å². The molecule has 0 aromatic rings. The van der Waals surface area contributed by atoms with E-state index in [9.17, 15) is 0 Å². The second kappa shape index (κ2) is 2.28. The SMILES string of the molecule is NCCC[N+]1CC1. The van der Waals surface area contributed by atoms with Crippen LogP contribution < -0.4 is 10.6 Å². The number of rotatable bonds is 3. The lowest BCUT2D eigenvalue weighted by Crippen LogP contribution is -2.10. The van der Waals surface area contributed by atoms with Crippen LogP contribution in [0, 0.1) is 0 Å². The summed E-state index contributed by atoms with van der Waals surface area (Å²) in [5.74, 6) is 0. The van der Waals surface area contributed by atoms with Crippen molar-refractivity contribution in [1.29, 1.82) is 0 Å². The van der Waals surface area contributed by atoms with E-state index in [0.29, 0.717) is 0 Å². The Hall–Kier alpha value is -0.0800. The van der Waals surface area contributed by atoms with Gasteiger partial charge in [-0.2, -0.15) is 4.90 Å². The largest absolute Gasteiger partial charge is 0.330 e. The maximum absolute atomic E-state index is 5.28. The predicted octanol–water partition coefficient (Wildman–Crippen LogP) is -0.511.